The second-order valence-corrected chi connectivity index (χ2v) is 4.47. The molecule has 2 rings (SSSR count). The van der Waals surface area contributed by atoms with Crippen LogP contribution in [0.4, 0.5) is 21.5 Å². The molecule has 1 aromatic carbocycles. The first-order chi connectivity index (χ1) is 9.19. The molecular weight excluding hydrogens is 241 g/mol. The van der Waals surface area contributed by atoms with E-state index in [9.17, 15) is 4.39 Å². The van der Waals surface area contributed by atoms with Gasteiger partial charge in [0.25, 0.3) is 0 Å². The minimum atomic E-state index is -0.249. The lowest BCUT2D eigenvalue weighted by atomic mass is 10.2. The molecule has 0 unspecified atom stereocenters. The maximum absolute atomic E-state index is 13.2. The molecule has 3 nitrogen and oxygen atoms in total. The second-order valence-electron chi connectivity index (χ2n) is 4.47. The fraction of sp³-hybridized carbons (Fsp3) is 0.267. The molecule has 100 valence electrons. The summed E-state index contributed by atoms with van der Waals surface area (Å²) in [5.41, 5.74) is 3.55. The molecule has 4 heteroatoms. The average molecular weight is 259 g/mol. The van der Waals surface area contributed by atoms with Crippen LogP contribution in [0.25, 0.3) is 0 Å². The van der Waals surface area contributed by atoms with Crippen molar-refractivity contribution in [2.24, 2.45) is 0 Å². The Hall–Kier alpha value is -2.10. The monoisotopic (exact) mass is 259 g/mol. The Morgan fingerprint density at radius 1 is 1.16 bits per heavy atom. The quantitative estimate of drug-likeness (QED) is 0.849. The van der Waals surface area contributed by atoms with Crippen LogP contribution in [0.2, 0.25) is 0 Å². The Morgan fingerprint density at radius 2 is 1.95 bits per heavy atom. The second kappa shape index (κ2) is 6.18. The van der Waals surface area contributed by atoms with Crippen molar-refractivity contribution in [3.05, 3.63) is 48.0 Å². The number of rotatable bonds is 5. The maximum atomic E-state index is 13.2. The first-order valence-corrected chi connectivity index (χ1v) is 6.41. The topological polar surface area (TPSA) is 37.0 Å². The number of nitrogens with zero attached hydrogens (tertiary/aromatic N) is 1. The van der Waals surface area contributed by atoms with Crippen LogP contribution in [0.1, 0.15) is 18.9 Å². The summed E-state index contributed by atoms with van der Waals surface area (Å²) >= 11 is 0. The molecule has 0 amide bonds. The van der Waals surface area contributed by atoms with Crippen molar-refractivity contribution in [2.45, 2.75) is 20.3 Å². The highest BCUT2D eigenvalue weighted by Crippen LogP contribution is 2.22. The lowest BCUT2D eigenvalue weighted by Crippen LogP contribution is -2.01. The van der Waals surface area contributed by atoms with E-state index < -0.39 is 0 Å². The number of nitrogens with one attached hydrogen (secondary N) is 2. The minimum absolute atomic E-state index is 0.249. The molecular formula is C15H18FN3. The van der Waals surface area contributed by atoms with Gasteiger partial charge in [0.2, 0.25) is 0 Å². The molecule has 2 N–H and O–H groups in total. The molecule has 0 aliphatic rings. The minimum Gasteiger partial charge on any atom is -0.384 e. The first-order valence-electron chi connectivity index (χ1n) is 6.41. The van der Waals surface area contributed by atoms with Gasteiger partial charge in [0.15, 0.2) is 0 Å². The van der Waals surface area contributed by atoms with Crippen LogP contribution < -0.4 is 10.6 Å². The van der Waals surface area contributed by atoms with Gasteiger partial charge >= 0.3 is 0 Å². The number of aryl methyl sites for hydroxylation is 1. The summed E-state index contributed by atoms with van der Waals surface area (Å²) in [5, 5.41) is 6.46. The molecule has 0 radical (unpaired) electrons. The highest BCUT2D eigenvalue weighted by molar-refractivity contribution is 5.65. The SMILES string of the molecule is CCCNc1cncc(Nc2cc(F)ccc2C)c1. The van der Waals surface area contributed by atoms with Crippen LogP contribution >= 0.6 is 0 Å². The van der Waals surface area contributed by atoms with Gasteiger partial charge in [-0.3, -0.25) is 4.98 Å². The van der Waals surface area contributed by atoms with E-state index in [0.717, 1.165) is 35.6 Å². The Morgan fingerprint density at radius 3 is 2.74 bits per heavy atom. The van der Waals surface area contributed by atoms with Gasteiger partial charge in [-0.1, -0.05) is 13.0 Å². The molecule has 0 saturated carbocycles. The number of aromatic nitrogens is 1. The molecule has 0 bridgehead atoms. The van der Waals surface area contributed by atoms with E-state index in [1.165, 1.54) is 12.1 Å². The zero-order valence-electron chi connectivity index (χ0n) is 11.2. The number of hydrogen-bond acceptors (Lipinski definition) is 3. The van der Waals surface area contributed by atoms with Crippen molar-refractivity contribution < 1.29 is 4.39 Å². The molecule has 19 heavy (non-hydrogen) atoms. The molecule has 0 atom stereocenters. The highest BCUT2D eigenvalue weighted by atomic mass is 19.1. The van der Waals surface area contributed by atoms with Gasteiger partial charge in [-0.05, 0) is 37.1 Å². The van der Waals surface area contributed by atoms with E-state index in [0.29, 0.717) is 0 Å². The van der Waals surface area contributed by atoms with Gasteiger partial charge < -0.3 is 10.6 Å². The van der Waals surface area contributed by atoms with Crippen molar-refractivity contribution in [3.63, 3.8) is 0 Å². The van der Waals surface area contributed by atoms with E-state index in [1.54, 1.807) is 18.5 Å². The molecule has 2 aromatic rings. The van der Waals surface area contributed by atoms with Gasteiger partial charge in [0.05, 0.1) is 23.8 Å². The third kappa shape index (κ3) is 3.68. The molecule has 0 saturated heterocycles. The van der Waals surface area contributed by atoms with Crippen LogP contribution in [-0.4, -0.2) is 11.5 Å². The van der Waals surface area contributed by atoms with Crippen LogP contribution in [0.3, 0.4) is 0 Å². The van der Waals surface area contributed by atoms with E-state index in [4.69, 9.17) is 0 Å². The Balaban J connectivity index is 2.16. The largest absolute Gasteiger partial charge is 0.384 e. The highest BCUT2D eigenvalue weighted by Gasteiger charge is 2.02. The average Bonchev–Trinajstić information content (AvgIpc) is 2.41. The molecule has 0 aliphatic heterocycles. The lowest BCUT2D eigenvalue weighted by Gasteiger charge is -2.11. The van der Waals surface area contributed by atoms with Crippen LogP contribution in [-0.2, 0) is 0 Å². The van der Waals surface area contributed by atoms with Crippen molar-refractivity contribution in [1.82, 2.24) is 4.98 Å². The number of benzene rings is 1. The predicted octanol–water partition coefficient (Wildman–Crippen LogP) is 4.09. The smallest absolute Gasteiger partial charge is 0.125 e. The summed E-state index contributed by atoms with van der Waals surface area (Å²) in [6.45, 7) is 4.96. The number of halogens is 1. The summed E-state index contributed by atoms with van der Waals surface area (Å²) < 4.78 is 13.2. The fourth-order valence-electron chi connectivity index (χ4n) is 1.76. The van der Waals surface area contributed by atoms with Crippen molar-refractivity contribution in [1.29, 1.82) is 0 Å². The molecule has 1 aromatic heterocycles. The van der Waals surface area contributed by atoms with Crippen molar-refractivity contribution in [2.75, 3.05) is 17.2 Å². The summed E-state index contributed by atoms with van der Waals surface area (Å²) in [7, 11) is 0. The first kappa shape index (κ1) is 13.3. The normalized spacial score (nSPS) is 10.3. The third-order valence-corrected chi connectivity index (χ3v) is 2.80. The molecule has 0 fully saturated rings. The van der Waals surface area contributed by atoms with Gasteiger partial charge in [-0.15, -0.1) is 0 Å². The van der Waals surface area contributed by atoms with Crippen LogP contribution in [0.5, 0.6) is 0 Å². The number of anilines is 3. The molecule has 0 spiro atoms. The van der Waals surface area contributed by atoms with Crippen molar-refractivity contribution in [3.8, 4) is 0 Å². The fourth-order valence-corrected chi connectivity index (χ4v) is 1.76. The van der Waals surface area contributed by atoms with Crippen molar-refractivity contribution >= 4 is 17.1 Å². The Bertz CT molecular complexity index is 555. The standard InChI is InChI=1S/C15H18FN3/c1-3-6-18-13-8-14(10-17-9-13)19-15-7-12(16)5-4-11(15)2/h4-5,7-10,18-19H,3,6H2,1-2H3. The summed E-state index contributed by atoms with van der Waals surface area (Å²) in [4.78, 5) is 4.17. The number of pyridine rings is 1. The van der Waals surface area contributed by atoms with Gasteiger partial charge in [0.1, 0.15) is 5.82 Å². The van der Waals surface area contributed by atoms with Gasteiger partial charge in [-0.25, -0.2) is 4.39 Å². The zero-order chi connectivity index (χ0) is 13.7. The molecule has 0 aliphatic carbocycles. The Kier molecular flexibility index (Phi) is 4.34. The summed E-state index contributed by atoms with van der Waals surface area (Å²) in [6, 6.07) is 6.66. The van der Waals surface area contributed by atoms with Crippen LogP contribution in [0, 0.1) is 12.7 Å². The maximum Gasteiger partial charge on any atom is 0.125 e. The summed E-state index contributed by atoms with van der Waals surface area (Å²) in [5.74, 6) is -0.249. The summed E-state index contributed by atoms with van der Waals surface area (Å²) in [6.07, 6.45) is 4.56. The van der Waals surface area contributed by atoms with E-state index in [1.807, 2.05) is 13.0 Å². The lowest BCUT2D eigenvalue weighted by molar-refractivity contribution is 0.628. The van der Waals surface area contributed by atoms with Gasteiger partial charge in [-0.2, -0.15) is 0 Å². The predicted molar refractivity (Wildman–Crippen MR) is 77.4 cm³/mol. The van der Waals surface area contributed by atoms with E-state index in [2.05, 4.69) is 22.5 Å². The number of hydrogen-bond donors (Lipinski definition) is 2. The zero-order valence-corrected chi connectivity index (χ0v) is 11.2. The molecule has 1 heterocycles. The van der Waals surface area contributed by atoms with E-state index >= 15 is 0 Å². The third-order valence-electron chi connectivity index (χ3n) is 2.80. The van der Waals surface area contributed by atoms with Gasteiger partial charge in [0, 0.05) is 12.2 Å². The van der Waals surface area contributed by atoms with Crippen LogP contribution in [0.15, 0.2) is 36.7 Å². The Labute approximate surface area is 112 Å². The van der Waals surface area contributed by atoms with E-state index in [-0.39, 0.29) is 5.82 Å².